The fraction of sp³-hybridized carbons (Fsp3) is 0.200. The normalized spacial score (nSPS) is 11.6. The largest absolute Gasteiger partial charge is 0.493 e. The lowest BCUT2D eigenvalue weighted by molar-refractivity contribution is -0.122. The zero-order valence-corrected chi connectivity index (χ0v) is 12.4. The number of methoxy groups -OCH3 is 1. The van der Waals surface area contributed by atoms with Gasteiger partial charge in [-0.2, -0.15) is 0 Å². The topological polar surface area (TPSA) is 60.5 Å². The van der Waals surface area contributed by atoms with Gasteiger partial charge in [-0.25, -0.2) is 4.98 Å². The van der Waals surface area contributed by atoms with Crippen molar-refractivity contribution in [2.45, 2.75) is 13.0 Å². The van der Waals surface area contributed by atoms with Crippen molar-refractivity contribution in [2.75, 3.05) is 12.4 Å². The Morgan fingerprint density at radius 3 is 2.57 bits per heavy atom. The van der Waals surface area contributed by atoms with Crippen molar-refractivity contribution >= 4 is 23.2 Å². The first kappa shape index (κ1) is 15.1. The second-order valence-corrected chi connectivity index (χ2v) is 4.66. The van der Waals surface area contributed by atoms with Crippen molar-refractivity contribution < 1.29 is 14.3 Å². The fourth-order valence-corrected chi connectivity index (χ4v) is 1.77. The monoisotopic (exact) mass is 306 g/mol. The Morgan fingerprint density at radius 1 is 1.24 bits per heavy atom. The number of rotatable bonds is 5. The summed E-state index contributed by atoms with van der Waals surface area (Å²) < 4.78 is 10.8. The van der Waals surface area contributed by atoms with Crippen LogP contribution in [0.4, 0.5) is 5.69 Å². The Hall–Kier alpha value is -2.27. The summed E-state index contributed by atoms with van der Waals surface area (Å²) >= 11 is 5.69. The van der Waals surface area contributed by atoms with Crippen LogP contribution in [-0.4, -0.2) is 24.1 Å². The van der Waals surface area contributed by atoms with Crippen LogP contribution in [0.3, 0.4) is 0 Å². The molecule has 6 heteroatoms. The van der Waals surface area contributed by atoms with Crippen LogP contribution in [0.2, 0.25) is 5.15 Å². The van der Waals surface area contributed by atoms with Crippen LogP contribution < -0.4 is 14.8 Å². The van der Waals surface area contributed by atoms with E-state index < -0.39 is 6.10 Å². The lowest BCUT2D eigenvalue weighted by atomic mass is 10.3. The van der Waals surface area contributed by atoms with Crippen molar-refractivity contribution in [1.82, 2.24) is 4.98 Å². The molecule has 0 saturated heterocycles. The van der Waals surface area contributed by atoms with Gasteiger partial charge in [0.05, 0.1) is 19.0 Å². The van der Waals surface area contributed by atoms with Crippen LogP contribution in [0.15, 0.2) is 42.6 Å². The maximum Gasteiger partial charge on any atom is 0.265 e. The molecule has 1 amide bonds. The Kier molecular flexibility index (Phi) is 5.00. The SMILES string of the molecule is COc1ccccc1OC(C)C(=O)Nc1ccc(Cl)nc1. The molecule has 110 valence electrons. The number of nitrogens with one attached hydrogen (secondary N) is 1. The van der Waals surface area contributed by atoms with Gasteiger partial charge in [0.2, 0.25) is 0 Å². The van der Waals surface area contributed by atoms with Gasteiger partial charge in [0, 0.05) is 0 Å². The highest BCUT2D eigenvalue weighted by Gasteiger charge is 2.16. The average Bonchev–Trinajstić information content (AvgIpc) is 2.50. The number of aromatic nitrogens is 1. The quantitative estimate of drug-likeness (QED) is 0.862. The fourth-order valence-electron chi connectivity index (χ4n) is 1.65. The molecule has 1 heterocycles. The molecule has 2 aromatic rings. The van der Waals surface area contributed by atoms with Crippen molar-refractivity contribution in [1.29, 1.82) is 0 Å². The van der Waals surface area contributed by atoms with Gasteiger partial charge in [-0.05, 0) is 31.2 Å². The van der Waals surface area contributed by atoms with Gasteiger partial charge < -0.3 is 14.8 Å². The van der Waals surface area contributed by atoms with E-state index in [1.165, 1.54) is 6.20 Å². The van der Waals surface area contributed by atoms with Crippen molar-refractivity contribution in [3.8, 4) is 11.5 Å². The predicted molar refractivity (Wildman–Crippen MR) is 81.0 cm³/mol. The van der Waals surface area contributed by atoms with E-state index in [1.807, 2.05) is 12.1 Å². The van der Waals surface area contributed by atoms with E-state index in [0.717, 1.165) is 0 Å². The molecule has 0 aliphatic carbocycles. The second kappa shape index (κ2) is 6.95. The highest BCUT2D eigenvalue weighted by Crippen LogP contribution is 2.26. The minimum Gasteiger partial charge on any atom is -0.493 e. The highest BCUT2D eigenvalue weighted by molar-refractivity contribution is 6.29. The van der Waals surface area contributed by atoms with Crippen LogP contribution in [-0.2, 0) is 4.79 Å². The molecule has 1 aromatic heterocycles. The van der Waals surface area contributed by atoms with E-state index in [0.29, 0.717) is 22.3 Å². The summed E-state index contributed by atoms with van der Waals surface area (Å²) in [5.41, 5.74) is 0.555. The number of nitrogens with zero attached hydrogens (tertiary/aromatic N) is 1. The van der Waals surface area contributed by atoms with Crippen LogP contribution in [0.1, 0.15) is 6.92 Å². The molecular formula is C15H15ClN2O3. The number of benzene rings is 1. The maximum absolute atomic E-state index is 12.1. The molecule has 0 aliphatic rings. The first-order valence-corrected chi connectivity index (χ1v) is 6.70. The minimum atomic E-state index is -0.683. The number of carbonyl (C=O) groups is 1. The summed E-state index contributed by atoms with van der Waals surface area (Å²) in [4.78, 5) is 16.0. The van der Waals surface area contributed by atoms with E-state index in [9.17, 15) is 4.79 Å². The third-order valence-electron chi connectivity index (χ3n) is 2.74. The number of amides is 1. The summed E-state index contributed by atoms with van der Waals surface area (Å²) in [7, 11) is 1.55. The van der Waals surface area contributed by atoms with Gasteiger partial charge in [-0.3, -0.25) is 4.79 Å². The predicted octanol–water partition coefficient (Wildman–Crippen LogP) is 3.15. The Morgan fingerprint density at radius 2 is 1.95 bits per heavy atom. The molecule has 5 nitrogen and oxygen atoms in total. The van der Waals surface area contributed by atoms with Crippen LogP contribution >= 0.6 is 11.6 Å². The van der Waals surface area contributed by atoms with E-state index in [4.69, 9.17) is 21.1 Å². The summed E-state index contributed by atoms with van der Waals surface area (Å²) in [6.45, 7) is 1.66. The van der Waals surface area contributed by atoms with Gasteiger partial charge >= 0.3 is 0 Å². The van der Waals surface area contributed by atoms with Crippen LogP contribution in [0.5, 0.6) is 11.5 Å². The zero-order chi connectivity index (χ0) is 15.2. The van der Waals surface area contributed by atoms with E-state index in [-0.39, 0.29) is 5.91 Å². The molecule has 1 atom stereocenters. The van der Waals surface area contributed by atoms with Gasteiger partial charge in [0.1, 0.15) is 5.15 Å². The second-order valence-electron chi connectivity index (χ2n) is 4.27. The van der Waals surface area contributed by atoms with Gasteiger partial charge in [-0.15, -0.1) is 0 Å². The molecule has 1 unspecified atom stereocenters. The number of hydrogen-bond donors (Lipinski definition) is 1. The molecule has 0 saturated carbocycles. The van der Waals surface area contributed by atoms with Crippen molar-refractivity contribution in [2.24, 2.45) is 0 Å². The molecule has 1 aromatic carbocycles. The molecule has 0 radical (unpaired) electrons. The maximum atomic E-state index is 12.1. The number of carbonyl (C=O) groups excluding carboxylic acids is 1. The van der Waals surface area contributed by atoms with Gasteiger partial charge in [0.15, 0.2) is 17.6 Å². The lowest BCUT2D eigenvalue weighted by Crippen LogP contribution is -2.30. The number of pyridine rings is 1. The van der Waals surface area contributed by atoms with Crippen LogP contribution in [0.25, 0.3) is 0 Å². The number of anilines is 1. The molecule has 0 bridgehead atoms. The number of para-hydroxylation sites is 2. The zero-order valence-electron chi connectivity index (χ0n) is 11.7. The Labute approximate surface area is 127 Å². The first-order valence-electron chi connectivity index (χ1n) is 6.32. The summed E-state index contributed by atoms with van der Waals surface area (Å²) in [5.74, 6) is 0.798. The molecule has 1 N–H and O–H groups in total. The highest BCUT2D eigenvalue weighted by atomic mass is 35.5. The Bertz CT molecular complexity index is 617. The summed E-state index contributed by atoms with van der Waals surface area (Å²) in [5, 5.41) is 3.07. The Balaban J connectivity index is 2.01. The van der Waals surface area contributed by atoms with Gasteiger partial charge in [-0.1, -0.05) is 23.7 Å². The molecule has 0 spiro atoms. The lowest BCUT2D eigenvalue weighted by Gasteiger charge is -2.16. The van der Waals surface area contributed by atoms with Crippen molar-refractivity contribution in [3.63, 3.8) is 0 Å². The molecule has 0 fully saturated rings. The van der Waals surface area contributed by atoms with E-state index in [1.54, 1.807) is 38.3 Å². The third-order valence-corrected chi connectivity index (χ3v) is 2.96. The molecule has 21 heavy (non-hydrogen) atoms. The summed E-state index contributed by atoms with van der Waals surface area (Å²) in [6.07, 6.45) is 0.799. The minimum absolute atomic E-state index is 0.287. The van der Waals surface area contributed by atoms with E-state index >= 15 is 0 Å². The molecule has 2 rings (SSSR count). The number of ether oxygens (including phenoxy) is 2. The number of hydrogen-bond acceptors (Lipinski definition) is 4. The summed E-state index contributed by atoms with van der Waals surface area (Å²) in [6, 6.07) is 10.4. The molecular weight excluding hydrogens is 292 g/mol. The van der Waals surface area contributed by atoms with Crippen LogP contribution in [0, 0.1) is 0 Å². The smallest absolute Gasteiger partial charge is 0.265 e. The average molecular weight is 307 g/mol. The van der Waals surface area contributed by atoms with E-state index in [2.05, 4.69) is 10.3 Å². The third kappa shape index (κ3) is 4.10. The number of halogens is 1. The standard InChI is InChI=1S/C15H15ClN2O3/c1-10(21-13-6-4-3-5-12(13)20-2)15(19)18-11-7-8-14(16)17-9-11/h3-10H,1-2H3,(H,18,19). The first-order chi connectivity index (χ1) is 10.1. The van der Waals surface area contributed by atoms with Crippen molar-refractivity contribution in [3.05, 3.63) is 47.7 Å². The molecule has 0 aliphatic heterocycles. The van der Waals surface area contributed by atoms with Gasteiger partial charge in [0.25, 0.3) is 5.91 Å².